The lowest BCUT2D eigenvalue weighted by atomic mass is 9.85. The van der Waals surface area contributed by atoms with Crippen molar-refractivity contribution in [2.45, 2.75) is 84.8 Å². The first-order valence-electron chi connectivity index (χ1n) is 8.18. The Kier molecular flexibility index (Phi) is 4.90. The molecule has 3 nitrogen and oxygen atoms in total. The van der Waals surface area contributed by atoms with Crippen LogP contribution in [0.25, 0.3) is 0 Å². The molecule has 0 amide bonds. The van der Waals surface area contributed by atoms with Crippen molar-refractivity contribution >= 4 is 0 Å². The lowest BCUT2D eigenvalue weighted by Crippen LogP contribution is -2.35. The van der Waals surface area contributed by atoms with Crippen molar-refractivity contribution in [3.63, 3.8) is 0 Å². The van der Waals surface area contributed by atoms with Crippen LogP contribution in [0.1, 0.15) is 77.1 Å². The lowest BCUT2D eigenvalue weighted by molar-refractivity contribution is 0.256. The van der Waals surface area contributed by atoms with Crippen LogP contribution >= 0.6 is 0 Å². The maximum absolute atomic E-state index is 4.76. The molecule has 0 aromatic carbocycles. The van der Waals surface area contributed by atoms with Gasteiger partial charge in [-0.25, -0.2) is 0 Å². The molecule has 0 spiro atoms. The van der Waals surface area contributed by atoms with Crippen LogP contribution in [0, 0.1) is 12.8 Å². The summed E-state index contributed by atoms with van der Waals surface area (Å²) in [6.45, 7) is 12.0. The maximum atomic E-state index is 4.76. The van der Waals surface area contributed by atoms with Crippen LogP contribution in [-0.4, -0.2) is 15.3 Å². The average molecular weight is 277 g/mol. The van der Waals surface area contributed by atoms with E-state index in [0.29, 0.717) is 6.04 Å². The SMILES string of the molecule is CCC1CCC(n2cc(CNC(C)(C)C)c(C)n2)CC1. The predicted molar refractivity (Wildman–Crippen MR) is 84.8 cm³/mol. The highest BCUT2D eigenvalue weighted by Gasteiger charge is 2.22. The molecule has 1 aromatic rings. The molecule has 1 saturated carbocycles. The zero-order valence-corrected chi connectivity index (χ0v) is 13.9. The number of hydrogen-bond donors (Lipinski definition) is 1. The largest absolute Gasteiger partial charge is 0.308 e. The van der Waals surface area contributed by atoms with Gasteiger partial charge in [0.2, 0.25) is 0 Å². The van der Waals surface area contributed by atoms with Gasteiger partial charge in [0.05, 0.1) is 11.7 Å². The highest BCUT2D eigenvalue weighted by molar-refractivity contribution is 5.16. The molecule has 0 radical (unpaired) electrons. The molecule has 0 bridgehead atoms. The van der Waals surface area contributed by atoms with Crippen molar-refractivity contribution < 1.29 is 0 Å². The van der Waals surface area contributed by atoms with Crippen molar-refractivity contribution in [1.82, 2.24) is 15.1 Å². The summed E-state index contributed by atoms with van der Waals surface area (Å²) in [6, 6.07) is 0.625. The second kappa shape index (κ2) is 6.30. The van der Waals surface area contributed by atoms with E-state index in [2.05, 4.69) is 50.8 Å². The normalized spacial score (nSPS) is 24.1. The molecule has 20 heavy (non-hydrogen) atoms. The number of rotatable bonds is 4. The topological polar surface area (TPSA) is 29.9 Å². The summed E-state index contributed by atoms with van der Waals surface area (Å²) in [5.41, 5.74) is 2.69. The van der Waals surface area contributed by atoms with E-state index in [1.807, 2.05) is 0 Å². The molecule has 114 valence electrons. The van der Waals surface area contributed by atoms with Gasteiger partial charge in [-0.15, -0.1) is 0 Å². The summed E-state index contributed by atoms with van der Waals surface area (Å²) < 4.78 is 2.24. The van der Waals surface area contributed by atoms with Gasteiger partial charge in [-0.1, -0.05) is 13.3 Å². The van der Waals surface area contributed by atoms with E-state index in [4.69, 9.17) is 5.10 Å². The Balaban J connectivity index is 1.97. The standard InChI is InChI=1S/C17H31N3/c1-6-14-7-9-16(10-8-14)20-12-15(13(2)19-20)11-18-17(3,4)5/h12,14,16,18H,6-11H2,1-5H3. The Morgan fingerprint density at radius 3 is 2.45 bits per heavy atom. The van der Waals surface area contributed by atoms with Gasteiger partial charge in [-0.3, -0.25) is 4.68 Å². The fraction of sp³-hybridized carbons (Fsp3) is 0.824. The maximum Gasteiger partial charge on any atom is 0.0638 e. The van der Waals surface area contributed by atoms with E-state index < -0.39 is 0 Å². The minimum absolute atomic E-state index is 0.160. The van der Waals surface area contributed by atoms with Crippen LogP contribution in [-0.2, 0) is 6.54 Å². The molecule has 1 aliphatic carbocycles. The molecule has 0 atom stereocenters. The third kappa shape index (κ3) is 4.08. The first-order chi connectivity index (χ1) is 9.39. The zero-order chi connectivity index (χ0) is 14.8. The van der Waals surface area contributed by atoms with Gasteiger partial charge < -0.3 is 5.32 Å². The van der Waals surface area contributed by atoms with Gasteiger partial charge in [0.25, 0.3) is 0 Å². The third-order valence-electron chi connectivity index (χ3n) is 4.60. The van der Waals surface area contributed by atoms with Crippen LogP contribution in [0.15, 0.2) is 6.20 Å². The highest BCUT2D eigenvalue weighted by Crippen LogP contribution is 2.33. The zero-order valence-electron chi connectivity index (χ0n) is 13.9. The summed E-state index contributed by atoms with van der Waals surface area (Å²) in [4.78, 5) is 0. The number of hydrogen-bond acceptors (Lipinski definition) is 2. The van der Waals surface area contributed by atoms with Crippen molar-refractivity contribution in [3.05, 3.63) is 17.5 Å². The Labute approximate surface area is 124 Å². The molecule has 1 fully saturated rings. The number of nitrogens with one attached hydrogen (secondary N) is 1. The lowest BCUT2D eigenvalue weighted by Gasteiger charge is -2.28. The molecule has 1 aromatic heterocycles. The number of nitrogens with zero attached hydrogens (tertiary/aromatic N) is 2. The molecule has 2 rings (SSSR count). The fourth-order valence-electron chi connectivity index (χ4n) is 3.06. The van der Waals surface area contributed by atoms with Crippen molar-refractivity contribution in [1.29, 1.82) is 0 Å². The number of aryl methyl sites for hydroxylation is 1. The minimum Gasteiger partial charge on any atom is -0.308 e. The quantitative estimate of drug-likeness (QED) is 0.893. The second-order valence-corrected chi connectivity index (χ2v) is 7.41. The first-order valence-corrected chi connectivity index (χ1v) is 8.18. The Morgan fingerprint density at radius 1 is 1.25 bits per heavy atom. The predicted octanol–water partition coefficient (Wildman–Crippen LogP) is 4.22. The van der Waals surface area contributed by atoms with Crippen LogP contribution in [0.2, 0.25) is 0 Å². The fourth-order valence-corrected chi connectivity index (χ4v) is 3.06. The van der Waals surface area contributed by atoms with Gasteiger partial charge in [0.1, 0.15) is 0 Å². The third-order valence-corrected chi connectivity index (χ3v) is 4.60. The van der Waals surface area contributed by atoms with E-state index in [-0.39, 0.29) is 5.54 Å². The Bertz CT molecular complexity index is 420. The van der Waals surface area contributed by atoms with Crippen LogP contribution in [0.4, 0.5) is 0 Å². The van der Waals surface area contributed by atoms with Gasteiger partial charge in [0, 0.05) is 23.8 Å². The van der Waals surface area contributed by atoms with Crippen LogP contribution in [0.5, 0.6) is 0 Å². The van der Waals surface area contributed by atoms with E-state index in [1.54, 1.807) is 0 Å². The van der Waals surface area contributed by atoms with E-state index in [9.17, 15) is 0 Å². The Morgan fingerprint density at radius 2 is 1.90 bits per heavy atom. The summed E-state index contributed by atoms with van der Waals surface area (Å²) in [6.07, 6.45) is 8.94. The molecule has 1 N–H and O–H groups in total. The van der Waals surface area contributed by atoms with Gasteiger partial charge in [0.15, 0.2) is 0 Å². The summed E-state index contributed by atoms with van der Waals surface area (Å²) >= 11 is 0. The Hall–Kier alpha value is -0.830. The van der Waals surface area contributed by atoms with E-state index in [0.717, 1.165) is 12.5 Å². The summed E-state index contributed by atoms with van der Waals surface area (Å²) in [7, 11) is 0. The molecule has 0 saturated heterocycles. The van der Waals surface area contributed by atoms with Gasteiger partial charge >= 0.3 is 0 Å². The van der Waals surface area contributed by atoms with Gasteiger partial charge in [-0.05, 0) is 59.3 Å². The average Bonchev–Trinajstić information content (AvgIpc) is 2.77. The summed E-state index contributed by atoms with van der Waals surface area (Å²) in [5, 5.41) is 8.32. The molecule has 3 heteroatoms. The van der Waals surface area contributed by atoms with Crippen LogP contribution in [0.3, 0.4) is 0 Å². The molecular formula is C17H31N3. The first kappa shape index (κ1) is 15.6. The molecule has 1 heterocycles. The van der Waals surface area contributed by atoms with Crippen molar-refractivity contribution in [3.8, 4) is 0 Å². The molecule has 1 aliphatic rings. The monoisotopic (exact) mass is 277 g/mol. The molecular weight excluding hydrogens is 246 g/mol. The second-order valence-electron chi connectivity index (χ2n) is 7.41. The number of aromatic nitrogens is 2. The van der Waals surface area contributed by atoms with Crippen molar-refractivity contribution in [2.75, 3.05) is 0 Å². The summed E-state index contributed by atoms with van der Waals surface area (Å²) in [5.74, 6) is 0.949. The molecule has 0 aliphatic heterocycles. The van der Waals surface area contributed by atoms with E-state index >= 15 is 0 Å². The minimum atomic E-state index is 0.160. The molecule has 0 unspecified atom stereocenters. The highest BCUT2D eigenvalue weighted by atomic mass is 15.3. The smallest absolute Gasteiger partial charge is 0.0638 e. The van der Waals surface area contributed by atoms with Crippen LogP contribution < -0.4 is 5.32 Å². The van der Waals surface area contributed by atoms with Crippen molar-refractivity contribution in [2.24, 2.45) is 5.92 Å². The van der Waals surface area contributed by atoms with E-state index in [1.165, 1.54) is 43.4 Å². The van der Waals surface area contributed by atoms with Gasteiger partial charge in [-0.2, -0.15) is 5.10 Å².